The van der Waals surface area contributed by atoms with Crippen LogP contribution in [0.2, 0.25) is 5.15 Å². The van der Waals surface area contributed by atoms with E-state index in [1.54, 1.807) is 6.20 Å². The Hall–Kier alpha value is -0.800. The lowest BCUT2D eigenvalue weighted by Gasteiger charge is -2.28. The average molecular weight is 240 g/mol. The lowest BCUT2D eigenvalue weighted by molar-refractivity contribution is 0.411. The molecule has 1 heterocycles. The van der Waals surface area contributed by atoms with Crippen LogP contribution in [0.1, 0.15) is 31.2 Å². The second kappa shape index (κ2) is 5.02. The standard InChI is InChI=1S/C12H18ClN3/c1-8-6-7-15-12(13)11(8)16-10-4-2-9(14)3-5-10/h6-7,9-10,16H,2-5,14H2,1H3. The van der Waals surface area contributed by atoms with E-state index in [9.17, 15) is 0 Å². The van der Waals surface area contributed by atoms with Crippen LogP contribution in [-0.4, -0.2) is 17.1 Å². The highest BCUT2D eigenvalue weighted by atomic mass is 35.5. The van der Waals surface area contributed by atoms with E-state index in [0.717, 1.165) is 36.9 Å². The monoisotopic (exact) mass is 239 g/mol. The molecule has 0 aromatic carbocycles. The van der Waals surface area contributed by atoms with E-state index in [4.69, 9.17) is 17.3 Å². The first-order valence-corrected chi connectivity index (χ1v) is 6.18. The molecule has 2 rings (SSSR count). The van der Waals surface area contributed by atoms with E-state index in [2.05, 4.69) is 10.3 Å². The number of nitrogens with zero attached hydrogens (tertiary/aromatic N) is 1. The van der Waals surface area contributed by atoms with Gasteiger partial charge in [-0.25, -0.2) is 4.98 Å². The highest BCUT2D eigenvalue weighted by Crippen LogP contribution is 2.27. The number of nitrogens with two attached hydrogens (primary N) is 1. The molecule has 0 bridgehead atoms. The number of nitrogens with one attached hydrogen (secondary N) is 1. The Morgan fingerprint density at radius 2 is 2.06 bits per heavy atom. The molecule has 0 saturated heterocycles. The van der Waals surface area contributed by atoms with Crippen LogP contribution in [-0.2, 0) is 0 Å². The Labute approximate surface area is 101 Å². The van der Waals surface area contributed by atoms with Crippen molar-refractivity contribution < 1.29 is 0 Å². The van der Waals surface area contributed by atoms with Crippen molar-refractivity contribution in [3.05, 3.63) is 23.0 Å². The van der Waals surface area contributed by atoms with Crippen LogP contribution in [0.5, 0.6) is 0 Å². The zero-order chi connectivity index (χ0) is 11.5. The van der Waals surface area contributed by atoms with Crippen LogP contribution >= 0.6 is 11.6 Å². The minimum Gasteiger partial charge on any atom is -0.380 e. The predicted octanol–water partition coefficient (Wildman–Crippen LogP) is 2.73. The maximum Gasteiger partial charge on any atom is 0.152 e. The van der Waals surface area contributed by atoms with Gasteiger partial charge in [0.15, 0.2) is 5.15 Å². The van der Waals surface area contributed by atoms with Gasteiger partial charge in [0.2, 0.25) is 0 Å². The Morgan fingerprint density at radius 3 is 2.69 bits per heavy atom. The molecule has 1 fully saturated rings. The molecule has 1 aliphatic carbocycles. The maximum absolute atomic E-state index is 6.08. The minimum atomic E-state index is 0.378. The van der Waals surface area contributed by atoms with Gasteiger partial charge in [-0.15, -0.1) is 0 Å². The van der Waals surface area contributed by atoms with Gasteiger partial charge in [-0.3, -0.25) is 0 Å². The first-order chi connectivity index (χ1) is 7.66. The molecule has 3 nitrogen and oxygen atoms in total. The van der Waals surface area contributed by atoms with Gasteiger partial charge in [0.05, 0.1) is 5.69 Å². The molecule has 0 spiro atoms. The number of hydrogen-bond donors (Lipinski definition) is 2. The van der Waals surface area contributed by atoms with E-state index in [0.29, 0.717) is 17.2 Å². The van der Waals surface area contributed by atoms with E-state index in [1.807, 2.05) is 13.0 Å². The molecule has 1 aliphatic rings. The molecule has 4 heteroatoms. The summed E-state index contributed by atoms with van der Waals surface area (Å²) in [6.45, 7) is 2.05. The Bertz CT molecular complexity index is 339. The van der Waals surface area contributed by atoms with Crippen molar-refractivity contribution in [2.45, 2.75) is 44.7 Å². The van der Waals surface area contributed by atoms with E-state index in [-0.39, 0.29) is 0 Å². The van der Waals surface area contributed by atoms with Crippen LogP contribution < -0.4 is 11.1 Å². The SMILES string of the molecule is Cc1ccnc(Cl)c1NC1CCC(N)CC1. The highest BCUT2D eigenvalue weighted by Gasteiger charge is 2.19. The largest absolute Gasteiger partial charge is 0.380 e. The van der Waals surface area contributed by atoms with E-state index >= 15 is 0 Å². The smallest absolute Gasteiger partial charge is 0.152 e. The van der Waals surface area contributed by atoms with Gasteiger partial charge in [-0.2, -0.15) is 0 Å². The Morgan fingerprint density at radius 1 is 1.38 bits per heavy atom. The van der Waals surface area contributed by atoms with Crippen molar-refractivity contribution >= 4 is 17.3 Å². The third kappa shape index (κ3) is 2.66. The van der Waals surface area contributed by atoms with Crippen LogP contribution in [0, 0.1) is 6.92 Å². The lowest BCUT2D eigenvalue weighted by atomic mass is 9.91. The molecule has 1 aromatic rings. The number of aryl methyl sites for hydroxylation is 1. The lowest BCUT2D eigenvalue weighted by Crippen LogP contribution is -2.33. The van der Waals surface area contributed by atoms with Gasteiger partial charge in [-0.1, -0.05) is 11.6 Å². The number of anilines is 1. The van der Waals surface area contributed by atoms with Crippen molar-refractivity contribution in [2.75, 3.05) is 5.32 Å². The molecular formula is C12H18ClN3. The summed E-state index contributed by atoms with van der Waals surface area (Å²) in [6.07, 6.45) is 6.15. The maximum atomic E-state index is 6.08. The van der Waals surface area contributed by atoms with Crippen molar-refractivity contribution in [2.24, 2.45) is 5.73 Å². The molecule has 0 aliphatic heterocycles. The van der Waals surface area contributed by atoms with Crippen LogP contribution in [0.3, 0.4) is 0 Å². The Balaban J connectivity index is 2.04. The average Bonchev–Trinajstić information content (AvgIpc) is 2.26. The third-order valence-electron chi connectivity index (χ3n) is 3.23. The van der Waals surface area contributed by atoms with Crippen molar-refractivity contribution in [1.29, 1.82) is 0 Å². The number of halogens is 1. The molecule has 1 aromatic heterocycles. The molecule has 3 N–H and O–H groups in total. The molecule has 1 saturated carbocycles. The van der Waals surface area contributed by atoms with Gasteiger partial charge in [-0.05, 0) is 44.2 Å². The second-order valence-electron chi connectivity index (χ2n) is 4.55. The zero-order valence-electron chi connectivity index (χ0n) is 9.54. The first kappa shape index (κ1) is 11.7. The molecule has 88 valence electrons. The summed E-state index contributed by atoms with van der Waals surface area (Å²) < 4.78 is 0. The topological polar surface area (TPSA) is 50.9 Å². The highest BCUT2D eigenvalue weighted by molar-refractivity contribution is 6.32. The van der Waals surface area contributed by atoms with Crippen LogP contribution in [0.15, 0.2) is 12.3 Å². The fourth-order valence-electron chi connectivity index (χ4n) is 2.17. The van der Waals surface area contributed by atoms with Gasteiger partial charge in [0, 0.05) is 18.3 Å². The normalized spacial score (nSPS) is 25.4. The molecule has 0 radical (unpaired) electrons. The molecule has 0 atom stereocenters. The van der Waals surface area contributed by atoms with Crippen molar-refractivity contribution in [3.63, 3.8) is 0 Å². The van der Waals surface area contributed by atoms with E-state index < -0.39 is 0 Å². The number of pyridine rings is 1. The summed E-state index contributed by atoms with van der Waals surface area (Å²) in [6, 6.07) is 2.84. The molecular weight excluding hydrogens is 222 g/mol. The summed E-state index contributed by atoms with van der Waals surface area (Å²) in [5.74, 6) is 0. The minimum absolute atomic E-state index is 0.378. The second-order valence-corrected chi connectivity index (χ2v) is 4.91. The number of aromatic nitrogens is 1. The summed E-state index contributed by atoms with van der Waals surface area (Å²) >= 11 is 6.08. The van der Waals surface area contributed by atoms with Gasteiger partial charge in [0.25, 0.3) is 0 Å². The van der Waals surface area contributed by atoms with Gasteiger partial charge in [0.1, 0.15) is 0 Å². The fourth-order valence-corrected chi connectivity index (χ4v) is 2.43. The number of hydrogen-bond acceptors (Lipinski definition) is 3. The van der Waals surface area contributed by atoms with Crippen molar-refractivity contribution in [3.8, 4) is 0 Å². The quantitative estimate of drug-likeness (QED) is 0.781. The summed E-state index contributed by atoms with van der Waals surface area (Å²) in [5, 5.41) is 4.05. The van der Waals surface area contributed by atoms with Crippen LogP contribution in [0.25, 0.3) is 0 Å². The summed E-state index contributed by atoms with van der Waals surface area (Å²) in [5.41, 5.74) is 8.01. The summed E-state index contributed by atoms with van der Waals surface area (Å²) in [7, 11) is 0. The first-order valence-electron chi connectivity index (χ1n) is 5.80. The van der Waals surface area contributed by atoms with Gasteiger partial charge >= 0.3 is 0 Å². The molecule has 16 heavy (non-hydrogen) atoms. The fraction of sp³-hybridized carbons (Fsp3) is 0.583. The predicted molar refractivity (Wildman–Crippen MR) is 67.8 cm³/mol. The van der Waals surface area contributed by atoms with Crippen molar-refractivity contribution in [1.82, 2.24) is 4.98 Å². The van der Waals surface area contributed by atoms with E-state index in [1.165, 1.54) is 0 Å². The van der Waals surface area contributed by atoms with Crippen LogP contribution in [0.4, 0.5) is 5.69 Å². The molecule has 0 unspecified atom stereocenters. The van der Waals surface area contributed by atoms with Gasteiger partial charge < -0.3 is 11.1 Å². The summed E-state index contributed by atoms with van der Waals surface area (Å²) in [4.78, 5) is 4.10. The third-order valence-corrected chi connectivity index (χ3v) is 3.52. The molecule has 0 amide bonds. The Kier molecular flexibility index (Phi) is 3.66. The zero-order valence-corrected chi connectivity index (χ0v) is 10.3. The number of rotatable bonds is 2.